The van der Waals surface area contributed by atoms with E-state index in [2.05, 4.69) is 47.2 Å². The normalized spacial score (nSPS) is 17.6. The van der Waals surface area contributed by atoms with Gasteiger partial charge in [0.2, 0.25) is 0 Å². The Morgan fingerprint density at radius 1 is 1.10 bits per heavy atom. The second kappa shape index (κ2) is 8.53. The van der Waals surface area contributed by atoms with Crippen molar-refractivity contribution in [1.82, 2.24) is 15.2 Å². The lowest BCUT2D eigenvalue weighted by atomic mass is 10.1. The van der Waals surface area contributed by atoms with E-state index in [0.29, 0.717) is 23.8 Å². The number of nitrogens with zero attached hydrogens (tertiary/aromatic N) is 3. The molecule has 4 rings (SSSR count). The molecule has 2 heterocycles. The minimum atomic E-state index is -0.152. The molecule has 7 heteroatoms. The summed E-state index contributed by atoms with van der Waals surface area (Å²) in [6, 6.07) is 6.61. The lowest BCUT2D eigenvalue weighted by molar-refractivity contribution is 0.0741. The van der Waals surface area contributed by atoms with Gasteiger partial charge in [-0.15, -0.1) is 11.3 Å². The number of hydrogen-bond acceptors (Lipinski definition) is 5. The first-order chi connectivity index (χ1) is 14.0. The molecule has 2 aliphatic rings. The van der Waals surface area contributed by atoms with Crippen LogP contribution in [0.5, 0.6) is 0 Å². The van der Waals surface area contributed by atoms with E-state index < -0.39 is 0 Å². The first kappa shape index (κ1) is 19.9. The number of benzene rings is 1. The van der Waals surface area contributed by atoms with Gasteiger partial charge >= 0.3 is 0 Å². The molecule has 2 amide bonds. The molecule has 2 fully saturated rings. The van der Waals surface area contributed by atoms with Crippen LogP contribution in [0.2, 0.25) is 0 Å². The molecule has 1 saturated carbocycles. The van der Waals surface area contributed by atoms with E-state index in [1.807, 2.05) is 4.90 Å². The third kappa shape index (κ3) is 4.29. The van der Waals surface area contributed by atoms with E-state index in [-0.39, 0.29) is 17.9 Å². The van der Waals surface area contributed by atoms with Crippen LogP contribution in [-0.2, 0) is 0 Å². The summed E-state index contributed by atoms with van der Waals surface area (Å²) < 4.78 is 0. The quantitative estimate of drug-likeness (QED) is 0.836. The van der Waals surface area contributed by atoms with E-state index in [0.717, 1.165) is 25.9 Å². The number of thiazole rings is 1. The van der Waals surface area contributed by atoms with Crippen LogP contribution < -0.4 is 10.2 Å². The van der Waals surface area contributed by atoms with Gasteiger partial charge in [-0.25, -0.2) is 4.98 Å². The predicted octanol–water partition coefficient (Wildman–Crippen LogP) is 3.39. The molecule has 1 aliphatic carbocycles. The maximum Gasteiger partial charge on any atom is 0.280 e. The van der Waals surface area contributed by atoms with Gasteiger partial charge in [0.05, 0.1) is 0 Å². The largest absolute Gasteiger partial charge is 0.368 e. The highest BCUT2D eigenvalue weighted by Gasteiger charge is 2.26. The van der Waals surface area contributed by atoms with E-state index in [1.165, 1.54) is 41.0 Å². The summed E-state index contributed by atoms with van der Waals surface area (Å²) in [6.07, 6.45) is 4.41. The molecule has 29 heavy (non-hydrogen) atoms. The molecule has 1 aromatic carbocycles. The number of nitrogens with one attached hydrogen (secondary N) is 1. The fraction of sp³-hybridized carbons (Fsp3) is 0.500. The van der Waals surface area contributed by atoms with Gasteiger partial charge in [0.15, 0.2) is 5.01 Å². The van der Waals surface area contributed by atoms with Crippen molar-refractivity contribution in [1.29, 1.82) is 0 Å². The minimum absolute atomic E-state index is 0.0817. The van der Waals surface area contributed by atoms with E-state index in [9.17, 15) is 9.59 Å². The highest BCUT2D eigenvalue weighted by atomic mass is 32.1. The Bertz CT molecular complexity index is 896. The predicted molar refractivity (Wildman–Crippen MR) is 116 cm³/mol. The summed E-state index contributed by atoms with van der Waals surface area (Å²) in [5, 5.41) is 5.13. The number of carbonyl (C=O) groups excluding carboxylic acids is 2. The number of amides is 2. The van der Waals surface area contributed by atoms with Gasteiger partial charge in [0, 0.05) is 43.3 Å². The molecule has 154 valence electrons. The summed E-state index contributed by atoms with van der Waals surface area (Å²) in [4.78, 5) is 33.8. The third-order valence-corrected chi connectivity index (χ3v) is 6.93. The van der Waals surface area contributed by atoms with Crippen LogP contribution in [0.15, 0.2) is 23.6 Å². The van der Waals surface area contributed by atoms with Crippen molar-refractivity contribution in [2.24, 2.45) is 0 Å². The Hall–Kier alpha value is -2.41. The first-order valence-corrected chi connectivity index (χ1v) is 11.3. The van der Waals surface area contributed by atoms with Gasteiger partial charge in [-0.2, -0.15) is 0 Å². The van der Waals surface area contributed by atoms with Gasteiger partial charge in [-0.1, -0.05) is 25.0 Å². The molecular formula is C22H28N4O2S. The van der Waals surface area contributed by atoms with Crippen molar-refractivity contribution in [3.8, 4) is 0 Å². The topological polar surface area (TPSA) is 65.5 Å². The number of aryl methyl sites for hydroxylation is 1. The average Bonchev–Trinajstić information content (AvgIpc) is 3.42. The van der Waals surface area contributed by atoms with Crippen LogP contribution in [0.25, 0.3) is 0 Å². The van der Waals surface area contributed by atoms with Crippen LogP contribution in [0, 0.1) is 13.8 Å². The van der Waals surface area contributed by atoms with Crippen molar-refractivity contribution in [3.63, 3.8) is 0 Å². The van der Waals surface area contributed by atoms with E-state index in [1.54, 1.807) is 5.38 Å². The van der Waals surface area contributed by atoms with Crippen molar-refractivity contribution in [3.05, 3.63) is 45.4 Å². The van der Waals surface area contributed by atoms with Crippen molar-refractivity contribution < 1.29 is 9.59 Å². The molecule has 1 N–H and O–H groups in total. The third-order valence-electron chi connectivity index (χ3n) is 6.09. The molecule has 0 atom stereocenters. The van der Waals surface area contributed by atoms with E-state index in [4.69, 9.17) is 0 Å². The summed E-state index contributed by atoms with van der Waals surface area (Å²) in [5.41, 5.74) is 4.21. The number of carbonyl (C=O) groups is 2. The van der Waals surface area contributed by atoms with Gasteiger partial charge in [-0.3, -0.25) is 9.59 Å². The molecule has 0 radical (unpaired) electrons. The Morgan fingerprint density at radius 2 is 1.83 bits per heavy atom. The number of piperazine rings is 1. The van der Waals surface area contributed by atoms with Crippen LogP contribution in [0.1, 0.15) is 57.1 Å². The Labute approximate surface area is 175 Å². The maximum atomic E-state index is 12.9. The van der Waals surface area contributed by atoms with Crippen molar-refractivity contribution >= 4 is 28.8 Å². The molecule has 0 spiro atoms. The number of anilines is 1. The number of aromatic nitrogens is 1. The fourth-order valence-corrected chi connectivity index (χ4v) is 4.88. The zero-order valence-corrected chi connectivity index (χ0v) is 17.9. The SMILES string of the molecule is Cc1cccc(N2CCN(C(=O)c3csc(C(=O)NC4CCCC4)n3)CC2)c1C. The second-order valence-corrected chi connectivity index (χ2v) is 8.85. The average molecular weight is 413 g/mol. The smallest absolute Gasteiger partial charge is 0.280 e. The fourth-order valence-electron chi connectivity index (χ4n) is 4.18. The summed E-state index contributed by atoms with van der Waals surface area (Å²) in [7, 11) is 0. The van der Waals surface area contributed by atoms with Gasteiger partial charge in [0.25, 0.3) is 11.8 Å². The molecule has 1 aromatic heterocycles. The maximum absolute atomic E-state index is 12.9. The molecular weight excluding hydrogens is 384 g/mol. The number of hydrogen-bond donors (Lipinski definition) is 1. The zero-order valence-electron chi connectivity index (χ0n) is 17.1. The van der Waals surface area contributed by atoms with Gasteiger partial charge in [0.1, 0.15) is 5.69 Å². The van der Waals surface area contributed by atoms with Crippen molar-refractivity contribution in [2.75, 3.05) is 31.1 Å². The Balaban J connectivity index is 1.35. The van der Waals surface area contributed by atoms with Crippen LogP contribution in [-0.4, -0.2) is 53.9 Å². The molecule has 0 unspecified atom stereocenters. The standard InChI is InChI=1S/C22H28N4O2S/c1-15-6-5-9-19(16(15)2)25-10-12-26(13-11-25)22(28)18-14-29-21(24-18)20(27)23-17-7-3-4-8-17/h5-6,9,14,17H,3-4,7-8,10-13H2,1-2H3,(H,23,27). The van der Waals surface area contributed by atoms with Gasteiger partial charge < -0.3 is 15.1 Å². The molecule has 2 aromatic rings. The van der Waals surface area contributed by atoms with Crippen LogP contribution >= 0.6 is 11.3 Å². The number of rotatable bonds is 4. The molecule has 6 nitrogen and oxygen atoms in total. The van der Waals surface area contributed by atoms with Crippen LogP contribution in [0.3, 0.4) is 0 Å². The Kier molecular flexibility index (Phi) is 5.85. The lowest BCUT2D eigenvalue weighted by Gasteiger charge is -2.36. The molecule has 1 saturated heterocycles. The van der Waals surface area contributed by atoms with Crippen molar-refractivity contribution in [2.45, 2.75) is 45.6 Å². The van der Waals surface area contributed by atoms with Crippen LogP contribution in [0.4, 0.5) is 5.69 Å². The van der Waals surface area contributed by atoms with E-state index >= 15 is 0 Å². The summed E-state index contributed by atoms with van der Waals surface area (Å²) in [5.74, 6) is -0.234. The Morgan fingerprint density at radius 3 is 2.55 bits per heavy atom. The molecule has 0 bridgehead atoms. The highest BCUT2D eigenvalue weighted by molar-refractivity contribution is 7.11. The minimum Gasteiger partial charge on any atom is -0.368 e. The summed E-state index contributed by atoms with van der Waals surface area (Å²) >= 11 is 1.25. The van der Waals surface area contributed by atoms with Gasteiger partial charge in [-0.05, 0) is 43.9 Å². The highest BCUT2D eigenvalue weighted by Crippen LogP contribution is 2.24. The summed E-state index contributed by atoms with van der Waals surface area (Å²) in [6.45, 7) is 7.20. The monoisotopic (exact) mass is 412 g/mol. The second-order valence-electron chi connectivity index (χ2n) is 7.99. The first-order valence-electron chi connectivity index (χ1n) is 10.4. The molecule has 1 aliphatic heterocycles. The zero-order chi connectivity index (χ0) is 20.4. The lowest BCUT2D eigenvalue weighted by Crippen LogP contribution is -2.49.